The van der Waals surface area contributed by atoms with E-state index in [4.69, 9.17) is 15.2 Å². The van der Waals surface area contributed by atoms with Gasteiger partial charge in [0.15, 0.2) is 0 Å². The number of hydrogen-bond acceptors (Lipinski definition) is 4. The molecule has 1 aromatic rings. The minimum Gasteiger partial charge on any atom is -0.493 e. The van der Waals surface area contributed by atoms with Gasteiger partial charge >= 0.3 is 0 Å². The SMILES string of the molecule is COCC(C)C(O)C1(CN)COc2ccccc2C1. The zero-order valence-corrected chi connectivity index (χ0v) is 11.6. The summed E-state index contributed by atoms with van der Waals surface area (Å²) in [6.07, 6.45) is 0.209. The Morgan fingerprint density at radius 3 is 2.89 bits per heavy atom. The van der Waals surface area contributed by atoms with Crippen LogP contribution in [0.4, 0.5) is 0 Å². The highest BCUT2D eigenvalue weighted by Gasteiger charge is 2.43. The maximum absolute atomic E-state index is 10.6. The lowest BCUT2D eigenvalue weighted by atomic mass is 9.72. The van der Waals surface area contributed by atoms with E-state index in [1.807, 2.05) is 31.2 Å². The van der Waals surface area contributed by atoms with Crippen molar-refractivity contribution in [3.63, 3.8) is 0 Å². The lowest BCUT2D eigenvalue weighted by Gasteiger charge is -2.42. The number of hydrogen-bond donors (Lipinski definition) is 2. The third kappa shape index (κ3) is 2.76. The number of aliphatic hydroxyl groups excluding tert-OH is 1. The second-order valence-electron chi connectivity index (χ2n) is 5.52. The summed E-state index contributed by atoms with van der Waals surface area (Å²) >= 11 is 0. The maximum Gasteiger partial charge on any atom is 0.122 e. The van der Waals surface area contributed by atoms with Crippen molar-refractivity contribution in [2.75, 3.05) is 26.9 Å². The molecule has 3 atom stereocenters. The highest BCUT2D eigenvalue weighted by molar-refractivity contribution is 5.36. The standard InChI is InChI=1S/C15H23NO3/c1-11(8-18-2)14(17)15(9-16)7-12-5-3-4-6-13(12)19-10-15/h3-6,11,14,17H,7-10,16H2,1-2H3. The van der Waals surface area contributed by atoms with Gasteiger partial charge in [-0.05, 0) is 18.1 Å². The first-order valence-electron chi connectivity index (χ1n) is 6.71. The molecule has 1 aromatic carbocycles. The fraction of sp³-hybridized carbons (Fsp3) is 0.600. The van der Waals surface area contributed by atoms with Crippen LogP contribution >= 0.6 is 0 Å². The number of benzene rings is 1. The predicted molar refractivity (Wildman–Crippen MR) is 74.2 cm³/mol. The average molecular weight is 265 g/mol. The topological polar surface area (TPSA) is 64.7 Å². The molecule has 3 N–H and O–H groups in total. The molecule has 0 fully saturated rings. The van der Waals surface area contributed by atoms with E-state index in [-0.39, 0.29) is 5.92 Å². The van der Waals surface area contributed by atoms with Crippen molar-refractivity contribution in [2.24, 2.45) is 17.1 Å². The molecule has 0 saturated carbocycles. The number of methoxy groups -OCH3 is 1. The predicted octanol–water partition coefficient (Wildman–Crippen LogP) is 1.21. The van der Waals surface area contributed by atoms with Crippen LogP contribution in [0.5, 0.6) is 5.75 Å². The zero-order valence-electron chi connectivity index (χ0n) is 11.6. The van der Waals surface area contributed by atoms with Gasteiger partial charge in [0.25, 0.3) is 0 Å². The van der Waals surface area contributed by atoms with Crippen LogP contribution in [0.2, 0.25) is 0 Å². The van der Waals surface area contributed by atoms with Gasteiger partial charge in [-0.2, -0.15) is 0 Å². The van der Waals surface area contributed by atoms with Crippen molar-refractivity contribution in [1.29, 1.82) is 0 Å². The van der Waals surface area contributed by atoms with Crippen molar-refractivity contribution >= 4 is 0 Å². The van der Waals surface area contributed by atoms with Crippen LogP contribution in [0, 0.1) is 11.3 Å². The molecule has 1 aliphatic heterocycles. The highest BCUT2D eigenvalue weighted by atomic mass is 16.5. The molecule has 0 bridgehead atoms. The van der Waals surface area contributed by atoms with E-state index < -0.39 is 11.5 Å². The van der Waals surface area contributed by atoms with E-state index in [0.29, 0.717) is 19.8 Å². The summed E-state index contributed by atoms with van der Waals surface area (Å²) in [5, 5.41) is 10.6. The van der Waals surface area contributed by atoms with Gasteiger partial charge in [0.1, 0.15) is 5.75 Å². The van der Waals surface area contributed by atoms with Crippen molar-refractivity contribution in [2.45, 2.75) is 19.4 Å². The van der Waals surface area contributed by atoms with Crippen LogP contribution in [-0.2, 0) is 11.2 Å². The van der Waals surface area contributed by atoms with Gasteiger partial charge in [-0.25, -0.2) is 0 Å². The van der Waals surface area contributed by atoms with Crippen molar-refractivity contribution in [1.82, 2.24) is 0 Å². The molecule has 1 aliphatic rings. The second kappa shape index (κ2) is 5.90. The number of para-hydroxylation sites is 1. The van der Waals surface area contributed by atoms with Gasteiger partial charge in [-0.1, -0.05) is 25.1 Å². The maximum atomic E-state index is 10.6. The summed E-state index contributed by atoms with van der Waals surface area (Å²) in [6.45, 7) is 3.35. The minimum absolute atomic E-state index is 0.0300. The summed E-state index contributed by atoms with van der Waals surface area (Å²) in [7, 11) is 1.64. The van der Waals surface area contributed by atoms with Crippen LogP contribution < -0.4 is 10.5 Å². The molecule has 4 heteroatoms. The molecule has 3 unspecified atom stereocenters. The molecule has 0 aliphatic carbocycles. The lowest BCUT2D eigenvalue weighted by Crippen LogP contribution is -2.53. The molecular weight excluding hydrogens is 242 g/mol. The Hall–Kier alpha value is -1.10. The van der Waals surface area contributed by atoms with Crippen molar-refractivity contribution < 1.29 is 14.6 Å². The fourth-order valence-corrected chi connectivity index (χ4v) is 2.84. The molecule has 0 saturated heterocycles. The quantitative estimate of drug-likeness (QED) is 0.840. The molecule has 0 aromatic heterocycles. The molecule has 106 valence electrons. The molecule has 1 heterocycles. The summed E-state index contributed by atoms with van der Waals surface area (Å²) in [5.74, 6) is 0.931. The van der Waals surface area contributed by atoms with Crippen molar-refractivity contribution in [3.05, 3.63) is 29.8 Å². The molecule has 0 spiro atoms. The van der Waals surface area contributed by atoms with E-state index in [9.17, 15) is 5.11 Å². The third-order valence-corrected chi connectivity index (χ3v) is 4.03. The second-order valence-corrected chi connectivity index (χ2v) is 5.52. The Morgan fingerprint density at radius 1 is 1.47 bits per heavy atom. The monoisotopic (exact) mass is 265 g/mol. The first-order valence-corrected chi connectivity index (χ1v) is 6.71. The van der Waals surface area contributed by atoms with E-state index in [1.165, 1.54) is 0 Å². The summed E-state index contributed by atoms with van der Waals surface area (Å²) in [4.78, 5) is 0. The number of ether oxygens (including phenoxy) is 2. The van der Waals surface area contributed by atoms with E-state index in [0.717, 1.165) is 17.7 Å². The van der Waals surface area contributed by atoms with Gasteiger partial charge < -0.3 is 20.3 Å². The Kier molecular flexibility index (Phi) is 4.45. The largest absolute Gasteiger partial charge is 0.493 e. The number of rotatable bonds is 5. The first-order chi connectivity index (χ1) is 9.13. The Bertz CT molecular complexity index is 424. The molecular formula is C15H23NO3. The number of nitrogens with two attached hydrogens (primary N) is 1. The minimum atomic E-state index is -0.536. The first kappa shape index (κ1) is 14.3. The summed E-state index contributed by atoms with van der Waals surface area (Å²) in [6, 6.07) is 7.94. The van der Waals surface area contributed by atoms with Crippen molar-refractivity contribution in [3.8, 4) is 5.75 Å². The summed E-state index contributed by atoms with van der Waals surface area (Å²) < 4.78 is 10.9. The highest BCUT2D eigenvalue weighted by Crippen LogP contribution is 2.38. The van der Waals surface area contributed by atoms with Gasteiger partial charge in [0.2, 0.25) is 0 Å². The van der Waals surface area contributed by atoms with Crippen LogP contribution in [0.3, 0.4) is 0 Å². The Balaban J connectivity index is 2.21. The molecule has 0 amide bonds. The Morgan fingerprint density at radius 2 is 2.21 bits per heavy atom. The van der Waals surface area contributed by atoms with Gasteiger partial charge in [0, 0.05) is 25.0 Å². The zero-order chi connectivity index (χ0) is 13.9. The van der Waals surface area contributed by atoms with Crippen LogP contribution in [0.1, 0.15) is 12.5 Å². The van der Waals surface area contributed by atoms with Gasteiger partial charge in [-0.3, -0.25) is 0 Å². The number of fused-ring (bicyclic) bond motifs is 1. The molecule has 0 radical (unpaired) electrons. The summed E-state index contributed by atoms with van der Waals surface area (Å²) in [5.41, 5.74) is 6.64. The van der Waals surface area contributed by atoms with Crippen LogP contribution in [0.15, 0.2) is 24.3 Å². The van der Waals surface area contributed by atoms with E-state index in [2.05, 4.69) is 0 Å². The Labute approximate surface area is 114 Å². The van der Waals surface area contributed by atoms with Crippen LogP contribution in [-0.4, -0.2) is 38.1 Å². The van der Waals surface area contributed by atoms with Gasteiger partial charge in [0.05, 0.1) is 19.3 Å². The van der Waals surface area contributed by atoms with E-state index in [1.54, 1.807) is 7.11 Å². The third-order valence-electron chi connectivity index (χ3n) is 4.03. The molecule has 19 heavy (non-hydrogen) atoms. The van der Waals surface area contributed by atoms with Gasteiger partial charge in [-0.15, -0.1) is 0 Å². The average Bonchev–Trinajstić information content (AvgIpc) is 2.46. The normalized spacial score (nSPS) is 25.3. The van der Waals surface area contributed by atoms with Crippen LogP contribution in [0.25, 0.3) is 0 Å². The number of aliphatic hydroxyl groups is 1. The molecule has 4 nitrogen and oxygen atoms in total. The van der Waals surface area contributed by atoms with E-state index >= 15 is 0 Å². The smallest absolute Gasteiger partial charge is 0.122 e. The fourth-order valence-electron chi connectivity index (χ4n) is 2.84. The lowest BCUT2D eigenvalue weighted by molar-refractivity contribution is -0.0601. The molecule has 2 rings (SSSR count).